The molecule has 1 amide bonds. The number of amidine groups is 1. The Balaban J connectivity index is 1.72. The lowest BCUT2D eigenvalue weighted by Gasteiger charge is -2.11. The number of benzene rings is 1. The number of carbonyl (C=O) groups excluding carboxylic acids is 1. The Morgan fingerprint density at radius 3 is 2.48 bits per heavy atom. The minimum Gasteiger partial charge on any atom is -0.362 e. The van der Waals surface area contributed by atoms with E-state index >= 15 is 0 Å². The summed E-state index contributed by atoms with van der Waals surface area (Å²) in [5.41, 5.74) is 0.610. The molecular weight excluding hydrogens is 314 g/mol. The van der Waals surface area contributed by atoms with E-state index in [0.717, 1.165) is 19.4 Å². The summed E-state index contributed by atoms with van der Waals surface area (Å²) >= 11 is 0. The van der Waals surface area contributed by atoms with Gasteiger partial charge in [-0.3, -0.25) is 4.79 Å². The van der Waals surface area contributed by atoms with Gasteiger partial charge in [-0.2, -0.15) is 8.42 Å². The normalized spacial score (nSPS) is 25.7. The van der Waals surface area contributed by atoms with Crippen LogP contribution in [0.4, 0.5) is 5.69 Å². The quantitative estimate of drug-likeness (QED) is 0.914. The van der Waals surface area contributed by atoms with E-state index < -0.39 is 10.0 Å². The molecule has 1 N–H and O–H groups in total. The van der Waals surface area contributed by atoms with Crippen molar-refractivity contribution in [3.05, 3.63) is 24.3 Å². The molecule has 6 nitrogen and oxygen atoms in total. The zero-order valence-electron chi connectivity index (χ0n) is 13.3. The van der Waals surface area contributed by atoms with Crippen molar-refractivity contribution < 1.29 is 13.2 Å². The van der Waals surface area contributed by atoms with Crippen LogP contribution in [0.5, 0.6) is 0 Å². The smallest absolute Gasteiger partial charge is 0.283 e. The van der Waals surface area contributed by atoms with E-state index in [1.54, 1.807) is 12.1 Å². The zero-order chi connectivity index (χ0) is 16.6. The molecule has 2 fully saturated rings. The lowest BCUT2D eigenvalue weighted by Crippen LogP contribution is -2.20. The van der Waals surface area contributed by atoms with Gasteiger partial charge in [0.25, 0.3) is 10.0 Å². The number of rotatable bonds is 4. The van der Waals surface area contributed by atoms with Crippen molar-refractivity contribution in [2.45, 2.75) is 31.1 Å². The summed E-state index contributed by atoms with van der Waals surface area (Å²) < 4.78 is 28.6. The number of carbonyl (C=O) groups is 1. The molecule has 0 bridgehead atoms. The highest BCUT2D eigenvalue weighted by Gasteiger charge is 2.39. The van der Waals surface area contributed by atoms with Crippen LogP contribution in [-0.4, -0.2) is 38.7 Å². The molecule has 1 aliphatic heterocycles. The van der Waals surface area contributed by atoms with E-state index in [0.29, 0.717) is 23.9 Å². The van der Waals surface area contributed by atoms with Crippen LogP contribution in [0.3, 0.4) is 0 Å². The summed E-state index contributed by atoms with van der Waals surface area (Å²) in [5.74, 6) is 1.13. The van der Waals surface area contributed by atoms with Crippen LogP contribution in [0.2, 0.25) is 0 Å². The number of amides is 1. The number of anilines is 1. The van der Waals surface area contributed by atoms with Crippen LogP contribution in [0.25, 0.3) is 0 Å². The Morgan fingerprint density at radius 2 is 1.96 bits per heavy atom. The molecule has 0 spiro atoms. The molecular formula is C16H21N3O3S. The first-order chi connectivity index (χ1) is 10.9. The van der Waals surface area contributed by atoms with Crippen LogP contribution >= 0.6 is 0 Å². The SMILES string of the molecule is CC1CC1C(=O)Nc1ccc(S(=O)(=O)N=C2CCCN2C)cc1. The predicted molar refractivity (Wildman–Crippen MR) is 88.8 cm³/mol. The summed E-state index contributed by atoms with van der Waals surface area (Å²) in [6, 6.07) is 6.19. The Bertz CT molecular complexity index is 740. The van der Waals surface area contributed by atoms with Crippen molar-refractivity contribution in [2.75, 3.05) is 18.9 Å². The molecule has 1 saturated heterocycles. The van der Waals surface area contributed by atoms with E-state index in [4.69, 9.17) is 0 Å². The van der Waals surface area contributed by atoms with Crippen LogP contribution < -0.4 is 5.32 Å². The fraction of sp³-hybridized carbons (Fsp3) is 0.500. The maximum atomic E-state index is 12.3. The molecule has 3 rings (SSSR count). The highest BCUT2D eigenvalue weighted by atomic mass is 32.2. The lowest BCUT2D eigenvalue weighted by atomic mass is 10.3. The number of nitrogens with one attached hydrogen (secondary N) is 1. The van der Waals surface area contributed by atoms with E-state index in [9.17, 15) is 13.2 Å². The van der Waals surface area contributed by atoms with Crippen molar-refractivity contribution in [2.24, 2.45) is 16.2 Å². The maximum absolute atomic E-state index is 12.3. The summed E-state index contributed by atoms with van der Waals surface area (Å²) in [4.78, 5) is 13.9. The number of hydrogen-bond donors (Lipinski definition) is 1. The fourth-order valence-electron chi connectivity index (χ4n) is 2.73. The second kappa shape index (κ2) is 5.96. The average Bonchev–Trinajstić information content (AvgIpc) is 3.11. The van der Waals surface area contributed by atoms with Gasteiger partial charge < -0.3 is 10.2 Å². The molecule has 2 aliphatic rings. The third kappa shape index (κ3) is 3.55. The molecule has 1 aromatic rings. The molecule has 2 atom stereocenters. The second-order valence-corrected chi connectivity index (χ2v) is 7.94. The van der Waals surface area contributed by atoms with Crippen molar-refractivity contribution in [3.8, 4) is 0 Å². The van der Waals surface area contributed by atoms with E-state index in [1.165, 1.54) is 12.1 Å². The molecule has 1 heterocycles. The molecule has 0 radical (unpaired) electrons. The Hall–Kier alpha value is -1.89. The molecule has 23 heavy (non-hydrogen) atoms. The number of nitrogens with zero attached hydrogens (tertiary/aromatic N) is 2. The molecule has 0 aromatic heterocycles. The van der Waals surface area contributed by atoms with Crippen LogP contribution in [-0.2, 0) is 14.8 Å². The Morgan fingerprint density at radius 1 is 1.30 bits per heavy atom. The van der Waals surface area contributed by atoms with Crippen molar-refractivity contribution in [1.29, 1.82) is 0 Å². The largest absolute Gasteiger partial charge is 0.362 e. The maximum Gasteiger partial charge on any atom is 0.283 e. The molecule has 7 heteroatoms. The lowest BCUT2D eigenvalue weighted by molar-refractivity contribution is -0.117. The summed E-state index contributed by atoms with van der Waals surface area (Å²) in [6.45, 7) is 2.87. The van der Waals surface area contributed by atoms with E-state index in [2.05, 4.69) is 9.71 Å². The molecule has 124 valence electrons. The Labute approximate surface area is 136 Å². The van der Waals surface area contributed by atoms with Crippen LogP contribution in [0.1, 0.15) is 26.2 Å². The van der Waals surface area contributed by atoms with E-state index in [-0.39, 0.29) is 16.7 Å². The van der Waals surface area contributed by atoms with Gasteiger partial charge in [-0.25, -0.2) is 0 Å². The second-order valence-electron chi connectivity index (χ2n) is 6.34. The third-order valence-corrected chi connectivity index (χ3v) is 5.75. The minimum absolute atomic E-state index is 0.000862. The van der Waals surface area contributed by atoms with Gasteiger partial charge >= 0.3 is 0 Å². The molecule has 1 saturated carbocycles. The van der Waals surface area contributed by atoms with Crippen molar-refractivity contribution in [1.82, 2.24) is 4.90 Å². The van der Waals surface area contributed by atoms with Gasteiger partial charge in [-0.05, 0) is 43.0 Å². The van der Waals surface area contributed by atoms with Crippen LogP contribution in [0, 0.1) is 11.8 Å². The molecule has 1 aromatic carbocycles. The monoisotopic (exact) mass is 335 g/mol. The van der Waals surface area contributed by atoms with Gasteiger partial charge in [0.15, 0.2) is 0 Å². The standard InChI is InChI=1S/C16H21N3O3S/c1-11-10-14(11)16(20)17-12-5-7-13(8-6-12)23(21,22)18-15-4-3-9-19(15)2/h5-8,11,14H,3-4,9-10H2,1-2H3,(H,17,20). The van der Waals surface area contributed by atoms with Crippen molar-refractivity contribution >= 4 is 27.5 Å². The van der Waals surface area contributed by atoms with Gasteiger partial charge in [0.1, 0.15) is 5.84 Å². The average molecular weight is 335 g/mol. The van der Waals surface area contributed by atoms with E-state index in [1.807, 2.05) is 18.9 Å². The number of sulfonamides is 1. The van der Waals surface area contributed by atoms with Gasteiger partial charge in [0, 0.05) is 31.6 Å². The van der Waals surface area contributed by atoms with Gasteiger partial charge in [-0.1, -0.05) is 6.92 Å². The minimum atomic E-state index is -3.70. The number of hydrogen-bond acceptors (Lipinski definition) is 3. The van der Waals surface area contributed by atoms with Gasteiger partial charge in [0.2, 0.25) is 5.91 Å². The predicted octanol–water partition coefficient (Wildman–Crippen LogP) is 2.09. The fourth-order valence-corrected chi connectivity index (χ4v) is 3.83. The highest BCUT2D eigenvalue weighted by Crippen LogP contribution is 2.38. The third-order valence-electron chi connectivity index (χ3n) is 4.43. The first-order valence-electron chi connectivity index (χ1n) is 7.83. The van der Waals surface area contributed by atoms with Gasteiger partial charge in [-0.15, -0.1) is 4.40 Å². The van der Waals surface area contributed by atoms with Gasteiger partial charge in [0.05, 0.1) is 4.90 Å². The zero-order valence-corrected chi connectivity index (χ0v) is 14.1. The van der Waals surface area contributed by atoms with Crippen molar-refractivity contribution in [3.63, 3.8) is 0 Å². The number of likely N-dealkylation sites (tertiary alicyclic amines) is 1. The topological polar surface area (TPSA) is 78.8 Å². The first-order valence-corrected chi connectivity index (χ1v) is 9.27. The Kier molecular flexibility index (Phi) is 4.14. The highest BCUT2D eigenvalue weighted by molar-refractivity contribution is 7.90. The molecule has 2 unspecified atom stereocenters. The summed E-state index contributed by atoms with van der Waals surface area (Å²) in [7, 11) is -1.85. The summed E-state index contributed by atoms with van der Waals surface area (Å²) in [6.07, 6.45) is 2.53. The summed E-state index contributed by atoms with van der Waals surface area (Å²) in [5, 5.41) is 2.82. The first kappa shape index (κ1) is 16.0. The van der Waals surface area contributed by atoms with Crippen LogP contribution in [0.15, 0.2) is 33.6 Å². The molecule has 1 aliphatic carbocycles.